The number of carbonyl (C=O) groups excluding carboxylic acids is 2. The first kappa shape index (κ1) is 30.4. The first-order valence-corrected chi connectivity index (χ1v) is 17.0. The number of aryl methyl sites for hydroxylation is 1. The molecule has 5 atom stereocenters. The Morgan fingerprint density at radius 2 is 1.89 bits per heavy atom. The minimum absolute atomic E-state index is 0.0853. The van der Waals surface area contributed by atoms with Crippen LogP contribution in [0.1, 0.15) is 105 Å². The number of amides is 2. The standard InChI is InChI=1S/C36H45F2N5O2/c1-3-4-6-11-33(44)41-20-16-29-28(23-41)39-24(2)43(29)32-22-31-36(32)19-14-30(36)42(31)21-15-27(25-9-7-5-8-10-25)40-34(45)26-12-17-35(37,38)18-13-26/h1,5,7-10,26-27,30-32H,4,6,11-23H2,2H3,(H,40,45). The first-order valence-electron chi connectivity index (χ1n) is 17.0. The van der Waals surface area contributed by atoms with E-state index in [-0.39, 0.29) is 49.5 Å². The summed E-state index contributed by atoms with van der Waals surface area (Å²) in [5, 5.41) is 3.26. The van der Waals surface area contributed by atoms with Gasteiger partial charge in [0, 0.05) is 80.3 Å². The highest BCUT2D eigenvalue weighted by Gasteiger charge is 2.75. The first-order chi connectivity index (χ1) is 21.7. The Hall–Kier alpha value is -3.25. The number of carbonyl (C=O) groups is 2. The molecule has 9 heteroatoms. The van der Waals surface area contributed by atoms with Gasteiger partial charge in [-0.25, -0.2) is 13.8 Å². The van der Waals surface area contributed by atoms with Crippen molar-refractivity contribution >= 4 is 11.8 Å². The Morgan fingerprint density at radius 1 is 1.11 bits per heavy atom. The minimum Gasteiger partial charge on any atom is -0.349 e. The Kier molecular flexibility index (Phi) is 8.00. The van der Waals surface area contributed by atoms with Crippen LogP contribution in [-0.2, 0) is 22.6 Å². The number of unbranched alkanes of at least 4 members (excludes halogenated alkanes) is 1. The van der Waals surface area contributed by atoms with Crippen LogP contribution in [0, 0.1) is 30.6 Å². The zero-order valence-electron chi connectivity index (χ0n) is 26.3. The van der Waals surface area contributed by atoms with Gasteiger partial charge in [-0.3, -0.25) is 14.5 Å². The monoisotopic (exact) mass is 617 g/mol. The summed E-state index contributed by atoms with van der Waals surface area (Å²) in [6, 6.07) is 11.5. The fourth-order valence-electron chi connectivity index (χ4n) is 9.35. The zero-order chi connectivity index (χ0) is 31.3. The third-order valence-corrected chi connectivity index (χ3v) is 11.8. The number of rotatable bonds is 10. The molecule has 0 radical (unpaired) electrons. The van der Waals surface area contributed by atoms with Crippen molar-refractivity contribution in [1.82, 2.24) is 24.7 Å². The molecule has 7 rings (SSSR count). The number of fused-ring (bicyclic) bond motifs is 1. The highest BCUT2D eigenvalue weighted by Crippen LogP contribution is 2.73. The van der Waals surface area contributed by atoms with Crippen molar-refractivity contribution in [2.75, 3.05) is 13.1 Å². The molecule has 2 amide bonds. The molecule has 3 aliphatic carbocycles. The number of nitrogens with one attached hydrogen (secondary N) is 1. The molecule has 2 aliphatic heterocycles. The van der Waals surface area contributed by atoms with Gasteiger partial charge in [-0.15, -0.1) is 12.3 Å². The average Bonchev–Trinajstić information content (AvgIpc) is 3.32. The molecular weight excluding hydrogens is 572 g/mol. The number of terminal acetylenes is 1. The lowest BCUT2D eigenvalue weighted by molar-refractivity contribution is -0.295. The summed E-state index contributed by atoms with van der Waals surface area (Å²) < 4.78 is 30.0. The van der Waals surface area contributed by atoms with Crippen molar-refractivity contribution < 1.29 is 18.4 Å². The number of nitrogens with zero attached hydrogens (tertiary/aromatic N) is 4. The molecule has 7 nitrogen and oxygen atoms in total. The highest BCUT2D eigenvalue weighted by molar-refractivity contribution is 5.79. The van der Waals surface area contributed by atoms with Gasteiger partial charge in [0.1, 0.15) is 5.82 Å². The smallest absolute Gasteiger partial charge is 0.248 e. The highest BCUT2D eigenvalue weighted by atomic mass is 19.3. The number of hydrogen-bond acceptors (Lipinski definition) is 4. The number of aromatic nitrogens is 2. The van der Waals surface area contributed by atoms with Gasteiger partial charge in [-0.2, -0.15) is 0 Å². The number of benzene rings is 1. The van der Waals surface area contributed by atoms with E-state index in [4.69, 9.17) is 11.4 Å². The quantitative estimate of drug-likeness (QED) is 0.273. The van der Waals surface area contributed by atoms with Crippen molar-refractivity contribution in [3.05, 3.63) is 53.1 Å². The Balaban J connectivity index is 0.990. The number of likely N-dealkylation sites (tertiary alicyclic amines) is 1. The molecule has 1 aromatic heterocycles. The van der Waals surface area contributed by atoms with Crippen LogP contribution in [-0.4, -0.2) is 62.3 Å². The van der Waals surface area contributed by atoms with E-state index in [1.165, 1.54) is 18.5 Å². The van der Waals surface area contributed by atoms with E-state index >= 15 is 0 Å². The second kappa shape index (κ2) is 11.8. The molecule has 5 unspecified atom stereocenters. The summed E-state index contributed by atoms with van der Waals surface area (Å²) in [4.78, 5) is 35.5. The topological polar surface area (TPSA) is 70.5 Å². The SMILES string of the molecule is C#CCCCC(=O)N1CCc2c(nc(C)n2C2CC3N(CCC(NC(=O)C4CCC(F)(F)CC4)c4ccccc4)C4CCC432)C1. The van der Waals surface area contributed by atoms with Gasteiger partial charge in [0.05, 0.1) is 18.3 Å². The van der Waals surface area contributed by atoms with Crippen LogP contribution in [0.3, 0.4) is 0 Å². The van der Waals surface area contributed by atoms with Crippen molar-refractivity contribution in [3.8, 4) is 12.3 Å². The number of hydrogen-bond donors (Lipinski definition) is 1. The lowest BCUT2D eigenvalue weighted by atomic mass is 9.40. The second-order valence-corrected chi connectivity index (χ2v) is 14.1. The number of halogens is 2. The third-order valence-electron chi connectivity index (χ3n) is 11.8. The summed E-state index contributed by atoms with van der Waals surface area (Å²) in [7, 11) is 0. The van der Waals surface area contributed by atoms with Gasteiger partial charge in [-0.1, -0.05) is 30.3 Å². The molecule has 0 bridgehead atoms. The van der Waals surface area contributed by atoms with Gasteiger partial charge < -0.3 is 14.8 Å². The summed E-state index contributed by atoms with van der Waals surface area (Å²) in [6.45, 7) is 4.35. The van der Waals surface area contributed by atoms with E-state index < -0.39 is 5.92 Å². The Labute approximate surface area is 265 Å². The van der Waals surface area contributed by atoms with E-state index in [9.17, 15) is 18.4 Å². The zero-order valence-corrected chi connectivity index (χ0v) is 26.3. The van der Waals surface area contributed by atoms with Crippen LogP contribution in [0.4, 0.5) is 8.78 Å². The molecule has 240 valence electrons. The second-order valence-electron chi connectivity index (χ2n) is 14.1. The number of imidazole rings is 1. The molecule has 1 aromatic carbocycles. The maximum Gasteiger partial charge on any atom is 0.248 e. The van der Waals surface area contributed by atoms with Crippen LogP contribution in [0.15, 0.2) is 30.3 Å². The van der Waals surface area contributed by atoms with E-state index in [1.807, 2.05) is 23.1 Å². The summed E-state index contributed by atoms with van der Waals surface area (Å²) in [5.41, 5.74) is 3.75. The molecule has 3 heterocycles. The molecular formula is C36H45F2N5O2. The van der Waals surface area contributed by atoms with Crippen LogP contribution < -0.4 is 5.32 Å². The van der Waals surface area contributed by atoms with Crippen molar-refractivity contribution in [2.45, 2.75) is 121 Å². The molecule has 5 aliphatic rings. The predicted octanol–water partition coefficient (Wildman–Crippen LogP) is 5.73. The minimum atomic E-state index is -2.64. The van der Waals surface area contributed by atoms with Crippen LogP contribution >= 0.6 is 0 Å². The third kappa shape index (κ3) is 5.27. The van der Waals surface area contributed by atoms with Crippen LogP contribution in [0.2, 0.25) is 0 Å². The molecule has 2 aromatic rings. The predicted molar refractivity (Wildman–Crippen MR) is 167 cm³/mol. The molecule has 3 saturated carbocycles. The van der Waals surface area contributed by atoms with Gasteiger partial charge >= 0.3 is 0 Å². The van der Waals surface area contributed by atoms with E-state index in [2.05, 4.69) is 39.8 Å². The van der Waals surface area contributed by atoms with Crippen molar-refractivity contribution in [3.63, 3.8) is 0 Å². The summed E-state index contributed by atoms with van der Waals surface area (Å²) in [6.07, 6.45) is 12.5. The lowest BCUT2D eigenvalue weighted by Gasteiger charge is -2.80. The normalized spacial score (nSPS) is 29.1. The number of piperidine rings is 2. The Bertz CT molecular complexity index is 1470. The molecule has 1 N–H and O–H groups in total. The molecule has 45 heavy (non-hydrogen) atoms. The van der Waals surface area contributed by atoms with E-state index in [1.54, 1.807) is 0 Å². The number of alkyl halides is 2. The van der Waals surface area contributed by atoms with E-state index in [0.717, 1.165) is 55.9 Å². The van der Waals surface area contributed by atoms with Crippen LogP contribution in [0.25, 0.3) is 0 Å². The van der Waals surface area contributed by atoms with Gasteiger partial charge in [-0.05, 0) is 57.4 Å². The summed E-state index contributed by atoms with van der Waals surface area (Å²) in [5.74, 6) is 0.795. The lowest BCUT2D eigenvalue weighted by Crippen LogP contribution is -2.85. The van der Waals surface area contributed by atoms with Gasteiger partial charge in [0.2, 0.25) is 17.7 Å². The maximum absolute atomic E-state index is 13.7. The van der Waals surface area contributed by atoms with Gasteiger partial charge in [0.25, 0.3) is 0 Å². The summed E-state index contributed by atoms with van der Waals surface area (Å²) >= 11 is 0. The molecule has 1 spiro atoms. The molecule has 1 saturated heterocycles. The average molecular weight is 618 g/mol. The largest absolute Gasteiger partial charge is 0.349 e. The van der Waals surface area contributed by atoms with Crippen molar-refractivity contribution in [2.24, 2.45) is 11.3 Å². The van der Waals surface area contributed by atoms with Crippen molar-refractivity contribution in [1.29, 1.82) is 0 Å². The van der Waals surface area contributed by atoms with Crippen LogP contribution in [0.5, 0.6) is 0 Å². The fraction of sp³-hybridized carbons (Fsp3) is 0.639. The maximum atomic E-state index is 13.7. The Morgan fingerprint density at radius 3 is 2.58 bits per heavy atom. The molecule has 4 fully saturated rings. The van der Waals surface area contributed by atoms with Gasteiger partial charge in [0.15, 0.2) is 0 Å². The fourth-order valence-corrected chi connectivity index (χ4v) is 9.35. The van der Waals surface area contributed by atoms with E-state index in [0.29, 0.717) is 42.9 Å².